The van der Waals surface area contributed by atoms with E-state index in [1.807, 2.05) is 24.3 Å². The molecule has 0 aliphatic carbocycles. The maximum atomic E-state index is 11.4. The van der Waals surface area contributed by atoms with E-state index in [1.165, 1.54) is 18.2 Å². The van der Waals surface area contributed by atoms with Crippen LogP contribution < -0.4 is 4.74 Å². The molecule has 1 aromatic heterocycles. The van der Waals surface area contributed by atoms with Gasteiger partial charge in [-0.05, 0) is 30.3 Å². The molecule has 0 amide bonds. The van der Waals surface area contributed by atoms with Gasteiger partial charge < -0.3 is 4.74 Å². The summed E-state index contributed by atoms with van der Waals surface area (Å²) in [5, 5.41) is 20.7. The number of methoxy groups -OCH3 is 1. The Morgan fingerprint density at radius 1 is 1.21 bits per heavy atom. The van der Waals surface area contributed by atoms with Gasteiger partial charge in [0.2, 0.25) is 0 Å². The number of aromatic nitrogens is 1. The number of carbonyl (C=O) groups is 1. The molecular formula is C20H13N3O4S. The summed E-state index contributed by atoms with van der Waals surface area (Å²) in [6.07, 6.45) is 0.547. The van der Waals surface area contributed by atoms with E-state index in [2.05, 4.69) is 11.1 Å². The number of ether oxygens (including phenoxy) is 1. The molecule has 3 aromatic rings. The molecule has 0 unspecified atom stereocenters. The van der Waals surface area contributed by atoms with Gasteiger partial charge in [0.25, 0.3) is 5.69 Å². The minimum atomic E-state index is -0.567. The highest BCUT2D eigenvalue weighted by Crippen LogP contribution is 2.35. The third-order valence-electron chi connectivity index (χ3n) is 3.90. The third-order valence-corrected chi connectivity index (χ3v) is 5.00. The normalized spacial score (nSPS) is 10.1. The van der Waals surface area contributed by atoms with Crippen molar-refractivity contribution in [1.82, 2.24) is 4.98 Å². The van der Waals surface area contributed by atoms with Crippen LogP contribution in [0.4, 0.5) is 5.69 Å². The van der Waals surface area contributed by atoms with Gasteiger partial charge in [0, 0.05) is 28.2 Å². The molecule has 7 nitrogen and oxygen atoms in total. The topological polar surface area (TPSA) is 106 Å². The smallest absolute Gasteiger partial charge is 0.270 e. The van der Waals surface area contributed by atoms with Crippen molar-refractivity contribution in [1.29, 1.82) is 5.26 Å². The average molecular weight is 391 g/mol. The van der Waals surface area contributed by atoms with Crippen molar-refractivity contribution in [3.05, 3.63) is 75.8 Å². The van der Waals surface area contributed by atoms with Gasteiger partial charge in [-0.25, -0.2) is 4.98 Å². The number of hydrogen-bond acceptors (Lipinski definition) is 7. The monoisotopic (exact) mass is 391 g/mol. The Balaban J connectivity index is 2.06. The molecule has 1 heterocycles. The number of para-hydroxylation sites is 1. The first-order chi connectivity index (χ1) is 13.6. The first kappa shape index (κ1) is 19.1. The molecule has 3 rings (SSSR count). The van der Waals surface area contributed by atoms with Crippen LogP contribution in [0, 0.1) is 21.4 Å². The van der Waals surface area contributed by atoms with Crippen molar-refractivity contribution in [2.24, 2.45) is 0 Å². The number of nitro groups is 1. The zero-order chi connectivity index (χ0) is 20.1. The summed E-state index contributed by atoms with van der Waals surface area (Å²) >= 11 is 1.10. The number of aldehydes is 1. The van der Waals surface area contributed by atoms with E-state index < -0.39 is 4.92 Å². The number of benzene rings is 2. The lowest BCUT2D eigenvalue weighted by molar-refractivity contribution is -0.384. The second-order valence-corrected chi connectivity index (χ2v) is 6.59. The fraction of sp³-hybridized carbons (Fsp3) is 0.0500. The van der Waals surface area contributed by atoms with Gasteiger partial charge >= 0.3 is 0 Å². The second kappa shape index (κ2) is 8.33. The van der Waals surface area contributed by atoms with Gasteiger partial charge in [-0.1, -0.05) is 23.9 Å². The van der Waals surface area contributed by atoms with Crippen molar-refractivity contribution in [2.75, 3.05) is 7.11 Å². The van der Waals surface area contributed by atoms with Crippen LogP contribution in [0.1, 0.15) is 15.9 Å². The maximum Gasteiger partial charge on any atom is 0.270 e. The van der Waals surface area contributed by atoms with Crippen LogP contribution in [-0.4, -0.2) is 23.3 Å². The van der Waals surface area contributed by atoms with E-state index in [0.717, 1.165) is 17.3 Å². The van der Waals surface area contributed by atoms with E-state index in [-0.39, 0.29) is 11.3 Å². The van der Waals surface area contributed by atoms with E-state index in [1.54, 1.807) is 19.2 Å². The number of nitrogens with zero attached hydrogens (tertiary/aromatic N) is 3. The Morgan fingerprint density at radius 2 is 2.00 bits per heavy atom. The van der Waals surface area contributed by atoms with E-state index in [0.29, 0.717) is 33.2 Å². The lowest BCUT2D eigenvalue weighted by Crippen LogP contribution is -1.95. The number of pyridine rings is 1. The second-order valence-electron chi connectivity index (χ2n) is 5.56. The standard InChI is InChI=1S/C20H13N3O4S/c1-27-18-5-3-2-4-16(18)17-8-6-13(11-21)20(22-17)28-19-9-7-15(23(25)26)10-14(19)12-24/h2-10,12H,1H3. The van der Waals surface area contributed by atoms with E-state index in [4.69, 9.17) is 4.74 Å². The van der Waals surface area contributed by atoms with Crippen LogP contribution >= 0.6 is 11.8 Å². The Labute approximate surface area is 164 Å². The lowest BCUT2D eigenvalue weighted by atomic mass is 10.1. The first-order valence-electron chi connectivity index (χ1n) is 8.03. The molecule has 0 saturated heterocycles. The Kier molecular flexibility index (Phi) is 5.67. The van der Waals surface area contributed by atoms with Crippen LogP contribution in [0.15, 0.2) is 64.5 Å². The summed E-state index contributed by atoms with van der Waals surface area (Å²) < 4.78 is 5.36. The molecule has 0 bridgehead atoms. The molecule has 0 N–H and O–H groups in total. The maximum absolute atomic E-state index is 11.4. The van der Waals surface area contributed by atoms with Gasteiger partial charge in [0.15, 0.2) is 6.29 Å². The number of non-ortho nitro benzene ring substituents is 1. The number of hydrogen-bond donors (Lipinski definition) is 0. The van der Waals surface area contributed by atoms with Gasteiger partial charge in [0.1, 0.15) is 16.8 Å². The predicted molar refractivity (Wildman–Crippen MR) is 104 cm³/mol. The minimum absolute atomic E-state index is 0.160. The molecule has 28 heavy (non-hydrogen) atoms. The largest absolute Gasteiger partial charge is 0.496 e. The summed E-state index contributed by atoms with van der Waals surface area (Å²) in [5.41, 5.74) is 1.68. The summed E-state index contributed by atoms with van der Waals surface area (Å²) in [7, 11) is 1.56. The Hall–Kier alpha value is -3.70. The third kappa shape index (κ3) is 3.84. The summed E-state index contributed by atoms with van der Waals surface area (Å²) in [6.45, 7) is 0. The zero-order valence-electron chi connectivity index (χ0n) is 14.7. The molecule has 0 atom stereocenters. The van der Waals surface area contributed by atoms with Crippen LogP contribution in [0.5, 0.6) is 5.75 Å². The molecule has 0 radical (unpaired) electrons. The van der Waals surface area contributed by atoms with Gasteiger partial charge in [-0.3, -0.25) is 14.9 Å². The average Bonchev–Trinajstić information content (AvgIpc) is 2.73. The molecule has 2 aromatic carbocycles. The number of carbonyl (C=O) groups excluding carboxylic acids is 1. The summed E-state index contributed by atoms with van der Waals surface area (Å²) in [4.78, 5) is 26.8. The van der Waals surface area contributed by atoms with Crippen molar-refractivity contribution in [2.45, 2.75) is 9.92 Å². The van der Waals surface area contributed by atoms with E-state index in [9.17, 15) is 20.2 Å². The molecule has 0 spiro atoms. The fourth-order valence-electron chi connectivity index (χ4n) is 2.55. The Bertz CT molecular complexity index is 1110. The van der Waals surface area contributed by atoms with Gasteiger partial charge in [-0.15, -0.1) is 0 Å². The van der Waals surface area contributed by atoms with Crippen LogP contribution in [0.3, 0.4) is 0 Å². The van der Waals surface area contributed by atoms with Crippen LogP contribution in [0.2, 0.25) is 0 Å². The number of nitriles is 1. The van der Waals surface area contributed by atoms with Crippen molar-refractivity contribution >= 4 is 23.7 Å². The SMILES string of the molecule is COc1ccccc1-c1ccc(C#N)c(Sc2ccc([N+](=O)[O-])cc2C=O)n1. The molecular weight excluding hydrogens is 378 g/mol. The molecule has 0 fully saturated rings. The highest BCUT2D eigenvalue weighted by molar-refractivity contribution is 7.99. The van der Waals surface area contributed by atoms with Crippen LogP contribution in [0.25, 0.3) is 11.3 Å². The van der Waals surface area contributed by atoms with Gasteiger partial charge in [0.05, 0.1) is 23.3 Å². The first-order valence-corrected chi connectivity index (χ1v) is 8.85. The summed E-state index contributed by atoms with van der Waals surface area (Å²) in [6, 6.07) is 16.8. The highest BCUT2D eigenvalue weighted by atomic mass is 32.2. The van der Waals surface area contributed by atoms with Gasteiger partial charge in [-0.2, -0.15) is 5.26 Å². The van der Waals surface area contributed by atoms with Crippen molar-refractivity contribution < 1.29 is 14.5 Å². The molecule has 0 aliphatic rings. The molecule has 8 heteroatoms. The predicted octanol–water partition coefficient (Wildman–Crippen LogP) is 4.50. The van der Waals surface area contributed by atoms with Crippen molar-refractivity contribution in [3.8, 4) is 23.1 Å². The van der Waals surface area contributed by atoms with Crippen molar-refractivity contribution in [3.63, 3.8) is 0 Å². The molecule has 0 aliphatic heterocycles. The Morgan fingerprint density at radius 3 is 2.68 bits per heavy atom. The minimum Gasteiger partial charge on any atom is -0.496 e. The summed E-state index contributed by atoms with van der Waals surface area (Å²) in [5.74, 6) is 0.638. The lowest BCUT2D eigenvalue weighted by Gasteiger charge is -2.10. The number of rotatable bonds is 6. The van der Waals surface area contributed by atoms with Crippen LogP contribution in [-0.2, 0) is 0 Å². The quantitative estimate of drug-likeness (QED) is 0.346. The van der Waals surface area contributed by atoms with E-state index >= 15 is 0 Å². The zero-order valence-corrected chi connectivity index (χ0v) is 15.5. The molecule has 0 saturated carbocycles. The number of nitro benzene ring substituents is 1. The highest BCUT2D eigenvalue weighted by Gasteiger charge is 2.16. The molecule has 138 valence electrons. The fourth-order valence-corrected chi connectivity index (χ4v) is 3.49.